The lowest BCUT2D eigenvalue weighted by Crippen LogP contribution is -2.34. The first-order valence-corrected chi connectivity index (χ1v) is 6.02. The summed E-state index contributed by atoms with van der Waals surface area (Å²) in [6, 6.07) is 4.93. The first kappa shape index (κ1) is 14.8. The minimum Gasteiger partial charge on any atom is -0.385 e. The molecule has 4 N–H and O–H groups in total. The molecule has 0 aromatic heterocycles. The molecule has 1 atom stereocenters. The number of hydrazine groups is 1. The topological polar surface area (TPSA) is 76.4 Å². The number of halogens is 1. The second-order valence-electron chi connectivity index (χ2n) is 3.99. The summed E-state index contributed by atoms with van der Waals surface area (Å²) in [6.45, 7) is 2.51. The summed E-state index contributed by atoms with van der Waals surface area (Å²) in [5, 5.41) is 3.35. The molecule has 1 aromatic carbocycles. The van der Waals surface area contributed by atoms with Crippen molar-refractivity contribution >= 4 is 23.2 Å². The molecule has 0 aliphatic rings. The Hall–Kier alpha value is -1.30. The Kier molecular flexibility index (Phi) is 5.91. The van der Waals surface area contributed by atoms with Crippen molar-refractivity contribution in [1.82, 2.24) is 5.32 Å². The largest absolute Gasteiger partial charge is 0.385 e. The third-order valence-corrected chi connectivity index (χ3v) is 2.75. The number of hydrogen-bond acceptors (Lipinski definition) is 4. The number of methoxy groups -OCH3 is 1. The molecular formula is C12H18ClN3O2. The molecule has 1 aromatic rings. The van der Waals surface area contributed by atoms with E-state index >= 15 is 0 Å². The molecule has 18 heavy (non-hydrogen) atoms. The molecule has 0 aliphatic carbocycles. The van der Waals surface area contributed by atoms with Gasteiger partial charge in [-0.15, -0.1) is 0 Å². The van der Waals surface area contributed by atoms with Gasteiger partial charge < -0.3 is 15.5 Å². The van der Waals surface area contributed by atoms with Crippen LogP contribution in [-0.4, -0.2) is 25.7 Å². The Morgan fingerprint density at radius 1 is 1.56 bits per heavy atom. The highest BCUT2D eigenvalue weighted by molar-refractivity contribution is 6.31. The molecule has 0 spiro atoms. The SMILES string of the molecule is COCCC(C)NC(=O)c1cc(Cl)ccc1NN. The summed E-state index contributed by atoms with van der Waals surface area (Å²) >= 11 is 5.87. The molecule has 0 bridgehead atoms. The van der Waals surface area contributed by atoms with Crippen molar-refractivity contribution in [2.45, 2.75) is 19.4 Å². The molecule has 0 aliphatic heterocycles. The van der Waals surface area contributed by atoms with Gasteiger partial charge in [-0.25, -0.2) is 0 Å². The predicted octanol–water partition coefficient (Wildman–Crippen LogP) is 1.78. The molecule has 1 amide bonds. The van der Waals surface area contributed by atoms with E-state index in [0.29, 0.717) is 22.9 Å². The molecule has 0 radical (unpaired) electrons. The van der Waals surface area contributed by atoms with E-state index < -0.39 is 0 Å². The van der Waals surface area contributed by atoms with Crippen molar-refractivity contribution in [3.8, 4) is 0 Å². The first-order chi connectivity index (χ1) is 8.58. The van der Waals surface area contributed by atoms with E-state index in [9.17, 15) is 4.79 Å². The van der Waals surface area contributed by atoms with E-state index in [1.807, 2.05) is 6.92 Å². The van der Waals surface area contributed by atoms with Crippen LogP contribution < -0.4 is 16.6 Å². The average molecular weight is 272 g/mol. The maximum atomic E-state index is 12.0. The summed E-state index contributed by atoms with van der Waals surface area (Å²) in [7, 11) is 1.63. The van der Waals surface area contributed by atoms with Crippen molar-refractivity contribution in [2.75, 3.05) is 19.1 Å². The van der Waals surface area contributed by atoms with Gasteiger partial charge in [0.05, 0.1) is 11.3 Å². The van der Waals surface area contributed by atoms with Gasteiger partial charge in [-0.05, 0) is 31.5 Å². The summed E-state index contributed by atoms with van der Waals surface area (Å²) in [6.07, 6.45) is 0.744. The van der Waals surface area contributed by atoms with Crippen LogP contribution >= 0.6 is 11.6 Å². The first-order valence-electron chi connectivity index (χ1n) is 5.64. The van der Waals surface area contributed by atoms with Gasteiger partial charge in [0.15, 0.2) is 0 Å². The van der Waals surface area contributed by atoms with Gasteiger partial charge in [-0.2, -0.15) is 0 Å². The smallest absolute Gasteiger partial charge is 0.253 e. The number of nitrogen functional groups attached to an aromatic ring is 1. The lowest BCUT2D eigenvalue weighted by atomic mass is 10.1. The lowest BCUT2D eigenvalue weighted by molar-refractivity contribution is 0.0930. The highest BCUT2D eigenvalue weighted by Crippen LogP contribution is 2.19. The maximum Gasteiger partial charge on any atom is 0.253 e. The average Bonchev–Trinajstić information content (AvgIpc) is 2.36. The fraction of sp³-hybridized carbons (Fsp3) is 0.417. The number of rotatable bonds is 6. The van der Waals surface area contributed by atoms with Gasteiger partial charge >= 0.3 is 0 Å². The number of carbonyl (C=O) groups excluding carboxylic acids is 1. The summed E-state index contributed by atoms with van der Waals surface area (Å²) in [4.78, 5) is 12.0. The molecular weight excluding hydrogens is 254 g/mol. The normalized spacial score (nSPS) is 12.0. The highest BCUT2D eigenvalue weighted by atomic mass is 35.5. The minimum atomic E-state index is -0.214. The maximum absolute atomic E-state index is 12.0. The lowest BCUT2D eigenvalue weighted by Gasteiger charge is -2.15. The van der Waals surface area contributed by atoms with Gasteiger partial charge in [0, 0.05) is 24.8 Å². The second-order valence-corrected chi connectivity index (χ2v) is 4.43. The number of benzene rings is 1. The van der Waals surface area contributed by atoms with E-state index in [1.165, 1.54) is 0 Å². The summed E-state index contributed by atoms with van der Waals surface area (Å²) in [5.41, 5.74) is 3.44. The number of carbonyl (C=O) groups is 1. The number of ether oxygens (including phenoxy) is 1. The highest BCUT2D eigenvalue weighted by Gasteiger charge is 2.14. The van der Waals surface area contributed by atoms with Crippen molar-refractivity contribution in [3.63, 3.8) is 0 Å². The van der Waals surface area contributed by atoms with Crippen LogP contribution in [0.15, 0.2) is 18.2 Å². The summed E-state index contributed by atoms with van der Waals surface area (Å²) < 4.78 is 4.96. The monoisotopic (exact) mass is 271 g/mol. The fourth-order valence-corrected chi connectivity index (χ4v) is 1.67. The van der Waals surface area contributed by atoms with Crippen LogP contribution in [0.5, 0.6) is 0 Å². The molecule has 1 rings (SSSR count). The van der Waals surface area contributed by atoms with Gasteiger partial charge in [0.2, 0.25) is 0 Å². The molecule has 5 nitrogen and oxygen atoms in total. The Bertz CT molecular complexity index is 412. The van der Waals surface area contributed by atoms with Crippen molar-refractivity contribution in [1.29, 1.82) is 0 Å². The van der Waals surface area contributed by atoms with E-state index in [-0.39, 0.29) is 11.9 Å². The fourth-order valence-electron chi connectivity index (χ4n) is 1.50. The zero-order valence-electron chi connectivity index (χ0n) is 10.5. The van der Waals surface area contributed by atoms with E-state index in [1.54, 1.807) is 25.3 Å². The zero-order chi connectivity index (χ0) is 13.5. The molecule has 0 heterocycles. The Labute approximate surface area is 112 Å². The van der Waals surface area contributed by atoms with Crippen LogP contribution in [0, 0.1) is 0 Å². The molecule has 0 saturated carbocycles. The number of nitrogens with one attached hydrogen (secondary N) is 2. The van der Waals surface area contributed by atoms with Crippen LogP contribution in [0.25, 0.3) is 0 Å². The van der Waals surface area contributed by atoms with Crippen molar-refractivity contribution < 1.29 is 9.53 Å². The van der Waals surface area contributed by atoms with Gasteiger partial charge in [0.1, 0.15) is 0 Å². The van der Waals surface area contributed by atoms with Crippen LogP contribution in [0.4, 0.5) is 5.69 Å². The van der Waals surface area contributed by atoms with Crippen LogP contribution in [0.2, 0.25) is 5.02 Å². The Balaban J connectivity index is 2.74. The van der Waals surface area contributed by atoms with Gasteiger partial charge in [0.25, 0.3) is 5.91 Å². The van der Waals surface area contributed by atoms with E-state index in [4.69, 9.17) is 22.2 Å². The summed E-state index contributed by atoms with van der Waals surface area (Å²) in [5.74, 6) is 5.14. The number of anilines is 1. The van der Waals surface area contributed by atoms with E-state index in [0.717, 1.165) is 6.42 Å². The predicted molar refractivity (Wildman–Crippen MR) is 72.7 cm³/mol. The van der Waals surface area contributed by atoms with Gasteiger partial charge in [-0.3, -0.25) is 10.6 Å². The van der Waals surface area contributed by atoms with E-state index in [2.05, 4.69) is 10.7 Å². The molecule has 6 heteroatoms. The number of nitrogens with two attached hydrogens (primary N) is 1. The standard InChI is InChI=1S/C12H18ClN3O2/c1-8(5-6-18-2)15-12(17)10-7-9(13)3-4-11(10)16-14/h3-4,7-8,16H,5-6,14H2,1-2H3,(H,15,17). The third kappa shape index (κ3) is 4.18. The van der Waals surface area contributed by atoms with Crippen molar-refractivity contribution in [3.05, 3.63) is 28.8 Å². The van der Waals surface area contributed by atoms with Crippen molar-refractivity contribution in [2.24, 2.45) is 5.84 Å². The van der Waals surface area contributed by atoms with Crippen LogP contribution in [0.1, 0.15) is 23.7 Å². The molecule has 0 fully saturated rings. The zero-order valence-corrected chi connectivity index (χ0v) is 11.3. The molecule has 1 unspecified atom stereocenters. The van der Waals surface area contributed by atoms with Gasteiger partial charge in [-0.1, -0.05) is 11.6 Å². The quantitative estimate of drug-likeness (QED) is 0.544. The number of amides is 1. The third-order valence-electron chi connectivity index (χ3n) is 2.51. The number of hydrogen-bond donors (Lipinski definition) is 3. The minimum absolute atomic E-state index is 0.0158. The van der Waals surface area contributed by atoms with Crippen LogP contribution in [-0.2, 0) is 4.74 Å². The molecule has 100 valence electrons. The Morgan fingerprint density at radius 2 is 2.28 bits per heavy atom. The van der Waals surface area contributed by atoms with Crippen LogP contribution in [0.3, 0.4) is 0 Å². The second kappa shape index (κ2) is 7.20. The molecule has 0 saturated heterocycles. The Morgan fingerprint density at radius 3 is 2.89 bits per heavy atom.